The number of para-hydroxylation sites is 1. The van der Waals surface area contributed by atoms with Gasteiger partial charge in [-0.05, 0) is 37.1 Å². The molecule has 0 unspecified atom stereocenters. The fraction of sp³-hybridized carbons (Fsp3) is 0.158. The monoisotopic (exact) mass is 356 g/mol. The zero-order valence-electron chi connectivity index (χ0n) is 13.9. The highest BCUT2D eigenvalue weighted by molar-refractivity contribution is 6.35. The summed E-state index contributed by atoms with van der Waals surface area (Å²) < 4.78 is 5.56. The zero-order valence-corrected chi connectivity index (χ0v) is 14.6. The Labute approximate surface area is 149 Å². The number of amides is 2. The Morgan fingerprint density at radius 3 is 2.36 bits per heavy atom. The fourth-order valence-corrected chi connectivity index (χ4v) is 2.77. The van der Waals surface area contributed by atoms with Gasteiger partial charge in [0.1, 0.15) is 0 Å². The molecule has 1 heterocycles. The number of hydrazine groups is 1. The quantitative estimate of drug-likeness (QED) is 0.696. The van der Waals surface area contributed by atoms with E-state index in [1.54, 1.807) is 31.2 Å². The summed E-state index contributed by atoms with van der Waals surface area (Å²) in [5.74, 6) is -0.823. The van der Waals surface area contributed by atoms with Crippen LogP contribution in [0.5, 0.6) is 0 Å². The van der Waals surface area contributed by atoms with Crippen LogP contribution in [0.3, 0.4) is 0 Å². The van der Waals surface area contributed by atoms with E-state index in [9.17, 15) is 9.59 Å². The van der Waals surface area contributed by atoms with Crippen molar-refractivity contribution in [2.24, 2.45) is 0 Å². The van der Waals surface area contributed by atoms with E-state index < -0.39 is 11.8 Å². The second kappa shape index (κ2) is 6.99. The Kier molecular flexibility index (Phi) is 4.76. The van der Waals surface area contributed by atoms with Crippen molar-refractivity contribution >= 4 is 34.4 Å². The molecule has 25 heavy (non-hydrogen) atoms. The largest absolute Gasteiger partial charge is 0.449 e. The van der Waals surface area contributed by atoms with Crippen molar-refractivity contribution in [3.05, 3.63) is 69.9 Å². The van der Waals surface area contributed by atoms with E-state index in [0.29, 0.717) is 21.7 Å². The van der Waals surface area contributed by atoms with E-state index in [1.165, 1.54) is 0 Å². The molecule has 0 fully saturated rings. The third kappa shape index (κ3) is 3.37. The molecule has 3 rings (SSSR count). The fourth-order valence-electron chi connectivity index (χ4n) is 2.56. The summed E-state index contributed by atoms with van der Waals surface area (Å²) >= 11 is 6.08. The number of halogens is 1. The zero-order chi connectivity index (χ0) is 18.0. The van der Waals surface area contributed by atoms with Crippen LogP contribution >= 0.6 is 11.6 Å². The number of fused-ring (bicyclic) bond motifs is 1. The molecule has 2 aromatic carbocycles. The topological polar surface area (TPSA) is 71.3 Å². The molecule has 1 aromatic heterocycles. The highest BCUT2D eigenvalue weighted by Crippen LogP contribution is 2.30. The van der Waals surface area contributed by atoms with Crippen LogP contribution in [0.4, 0.5) is 0 Å². The molecule has 0 atom stereocenters. The minimum atomic E-state index is -0.539. The first kappa shape index (κ1) is 17.0. The van der Waals surface area contributed by atoms with Crippen LogP contribution in [0.1, 0.15) is 39.0 Å². The van der Waals surface area contributed by atoms with Gasteiger partial charge in [-0.1, -0.05) is 42.8 Å². The molecule has 0 aliphatic carbocycles. The van der Waals surface area contributed by atoms with Gasteiger partial charge in [-0.25, -0.2) is 0 Å². The Bertz CT molecular complexity index is 945. The van der Waals surface area contributed by atoms with Crippen LogP contribution in [0.2, 0.25) is 5.02 Å². The minimum absolute atomic E-state index is 0.115. The molecule has 0 aliphatic rings. The number of hydrogen-bond acceptors (Lipinski definition) is 3. The number of carbonyl (C=O) groups excluding carboxylic acids is 2. The van der Waals surface area contributed by atoms with Gasteiger partial charge in [0.15, 0.2) is 11.3 Å². The standard InChI is InChI=1S/C19H17ClN2O3/c1-3-12-7-9-13(10-8-12)18(23)21-22-19(24)16-11(2)14-5-4-6-15(20)17(14)25-16/h4-10H,3H2,1-2H3,(H,21,23)(H,22,24). The summed E-state index contributed by atoms with van der Waals surface area (Å²) in [6, 6.07) is 12.5. The summed E-state index contributed by atoms with van der Waals surface area (Å²) in [6.07, 6.45) is 0.895. The Balaban J connectivity index is 1.73. The third-order valence-corrected chi connectivity index (χ3v) is 4.33. The van der Waals surface area contributed by atoms with Gasteiger partial charge in [0.25, 0.3) is 5.91 Å². The van der Waals surface area contributed by atoms with Gasteiger partial charge in [0.05, 0.1) is 5.02 Å². The Hall–Kier alpha value is -2.79. The summed E-state index contributed by atoms with van der Waals surface area (Å²) in [4.78, 5) is 24.4. The lowest BCUT2D eigenvalue weighted by Gasteiger charge is -2.07. The average Bonchev–Trinajstić information content (AvgIpc) is 2.98. The van der Waals surface area contributed by atoms with Crippen molar-refractivity contribution in [2.45, 2.75) is 20.3 Å². The van der Waals surface area contributed by atoms with Crippen LogP contribution < -0.4 is 10.9 Å². The number of carbonyl (C=O) groups is 2. The van der Waals surface area contributed by atoms with Gasteiger partial charge in [-0.15, -0.1) is 0 Å². The molecule has 5 nitrogen and oxygen atoms in total. The molecule has 0 spiro atoms. The molecule has 0 bridgehead atoms. The van der Waals surface area contributed by atoms with E-state index in [2.05, 4.69) is 10.9 Å². The van der Waals surface area contributed by atoms with Crippen LogP contribution in [-0.2, 0) is 6.42 Å². The van der Waals surface area contributed by atoms with Crippen molar-refractivity contribution in [1.29, 1.82) is 0 Å². The average molecular weight is 357 g/mol. The van der Waals surface area contributed by atoms with E-state index in [-0.39, 0.29) is 5.76 Å². The number of benzene rings is 2. The number of nitrogens with one attached hydrogen (secondary N) is 2. The normalized spacial score (nSPS) is 10.7. The van der Waals surface area contributed by atoms with Crippen molar-refractivity contribution in [1.82, 2.24) is 10.9 Å². The minimum Gasteiger partial charge on any atom is -0.449 e. The van der Waals surface area contributed by atoms with Crippen molar-refractivity contribution in [2.75, 3.05) is 0 Å². The van der Waals surface area contributed by atoms with Gasteiger partial charge in [-0.3, -0.25) is 20.4 Å². The maximum atomic E-state index is 12.3. The van der Waals surface area contributed by atoms with E-state index >= 15 is 0 Å². The van der Waals surface area contributed by atoms with Crippen LogP contribution in [0.15, 0.2) is 46.9 Å². The third-order valence-electron chi connectivity index (χ3n) is 4.04. The molecule has 3 aromatic rings. The molecule has 0 radical (unpaired) electrons. The number of aryl methyl sites for hydroxylation is 2. The molecule has 2 N–H and O–H groups in total. The molecule has 0 aliphatic heterocycles. The van der Waals surface area contributed by atoms with E-state index in [0.717, 1.165) is 17.4 Å². The van der Waals surface area contributed by atoms with Gasteiger partial charge in [0, 0.05) is 16.5 Å². The number of hydrogen-bond donors (Lipinski definition) is 2. The Morgan fingerprint density at radius 1 is 1.04 bits per heavy atom. The van der Waals surface area contributed by atoms with Gasteiger partial charge in [0.2, 0.25) is 0 Å². The lowest BCUT2D eigenvalue weighted by molar-refractivity contribution is 0.0831. The van der Waals surface area contributed by atoms with Crippen molar-refractivity contribution in [3.8, 4) is 0 Å². The smallest absolute Gasteiger partial charge is 0.305 e. The maximum absolute atomic E-state index is 12.3. The van der Waals surface area contributed by atoms with E-state index in [1.807, 2.05) is 25.1 Å². The Morgan fingerprint density at radius 2 is 1.72 bits per heavy atom. The number of rotatable bonds is 3. The first-order valence-corrected chi connectivity index (χ1v) is 8.26. The second-order valence-corrected chi connectivity index (χ2v) is 6.04. The summed E-state index contributed by atoms with van der Waals surface area (Å²) in [5.41, 5.74) is 7.47. The van der Waals surface area contributed by atoms with Gasteiger partial charge >= 0.3 is 5.91 Å². The SMILES string of the molecule is CCc1ccc(C(=O)NNC(=O)c2oc3c(Cl)cccc3c2C)cc1. The van der Waals surface area contributed by atoms with Crippen LogP contribution in [-0.4, -0.2) is 11.8 Å². The van der Waals surface area contributed by atoms with Crippen molar-refractivity contribution in [3.63, 3.8) is 0 Å². The van der Waals surface area contributed by atoms with E-state index in [4.69, 9.17) is 16.0 Å². The first-order valence-electron chi connectivity index (χ1n) is 7.88. The summed E-state index contributed by atoms with van der Waals surface area (Å²) in [7, 11) is 0. The van der Waals surface area contributed by atoms with Gasteiger partial charge < -0.3 is 4.42 Å². The molecule has 0 saturated carbocycles. The summed E-state index contributed by atoms with van der Waals surface area (Å²) in [5, 5.41) is 1.19. The molecule has 2 amide bonds. The van der Waals surface area contributed by atoms with Crippen LogP contribution in [0, 0.1) is 6.92 Å². The molecule has 0 saturated heterocycles. The lowest BCUT2D eigenvalue weighted by atomic mass is 10.1. The first-order chi connectivity index (χ1) is 12.0. The number of furan rings is 1. The summed E-state index contributed by atoms with van der Waals surface area (Å²) in [6.45, 7) is 3.81. The lowest BCUT2D eigenvalue weighted by Crippen LogP contribution is -2.41. The van der Waals surface area contributed by atoms with Crippen LogP contribution in [0.25, 0.3) is 11.0 Å². The van der Waals surface area contributed by atoms with Crippen molar-refractivity contribution < 1.29 is 14.0 Å². The predicted molar refractivity (Wildman–Crippen MR) is 96.7 cm³/mol. The highest BCUT2D eigenvalue weighted by atomic mass is 35.5. The molecule has 128 valence electrons. The molecule has 6 heteroatoms. The molecular weight excluding hydrogens is 340 g/mol. The second-order valence-electron chi connectivity index (χ2n) is 5.63. The van der Waals surface area contributed by atoms with Gasteiger partial charge in [-0.2, -0.15) is 0 Å². The highest BCUT2D eigenvalue weighted by Gasteiger charge is 2.19. The maximum Gasteiger partial charge on any atom is 0.305 e. The predicted octanol–water partition coefficient (Wildman–Crippen LogP) is 4.03. The molecular formula is C19H17ClN2O3.